The van der Waals surface area contributed by atoms with Gasteiger partial charge in [0.2, 0.25) is 0 Å². The lowest BCUT2D eigenvalue weighted by Gasteiger charge is -2.23. The molecule has 94 valence electrons. The minimum Gasteiger partial charge on any atom is -0.349 e. The molecule has 0 saturated heterocycles. The fourth-order valence-electron chi connectivity index (χ4n) is 2.51. The van der Waals surface area contributed by atoms with E-state index in [9.17, 15) is 4.79 Å². The number of Topliss-reactive ketones (excluding diaryl/α,β-unsaturated/α-hetero) is 1. The van der Waals surface area contributed by atoms with Crippen molar-refractivity contribution < 1.29 is 4.79 Å². The van der Waals surface area contributed by atoms with Gasteiger partial charge in [0, 0.05) is 29.1 Å². The maximum absolute atomic E-state index is 12.6. The summed E-state index contributed by atoms with van der Waals surface area (Å²) in [5, 5.41) is 2.10. The van der Waals surface area contributed by atoms with Gasteiger partial charge in [-0.1, -0.05) is 18.2 Å². The number of thioether (sulfide) groups is 1. The molecule has 2 heterocycles. The summed E-state index contributed by atoms with van der Waals surface area (Å²) in [7, 11) is 4.03. The average molecular weight is 260 g/mol. The summed E-state index contributed by atoms with van der Waals surface area (Å²) in [5.74, 6) is 1.27. The number of aromatic amines is 1. The number of carbonyl (C=O) groups is 1. The Morgan fingerprint density at radius 1 is 1.39 bits per heavy atom. The molecule has 4 heteroatoms. The molecule has 1 aliphatic rings. The second kappa shape index (κ2) is 4.44. The molecule has 2 aromatic rings. The molecule has 3 rings (SSSR count). The smallest absolute Gasteiger partial charge is 0.171 e. The molecule has 0 saturated carbocycles. The largest absolute Gasteiger partial charge is 0.349 e. The molecule has 1 aromatic carbocycles. The van der Waals surface area contributed by atoms with Crippen molar-refractivity contribution in [3.05, 3.63) is 29.8 Å². The minimum absolute atomic E-state index is 0.108. The van der Waals surface area contributed by atoms with Gasteiger partial charge in [-0.2, -0.15) is 0 Å². The lowest BCUT2D eigenvalue weighted by Crippen LogP contribution is -2.31. The zero-order valence-electron chi connectivity index (χ0n) is 10.6. The van der Waals surface area contributed by atoms with Crippen LogP contribution < -0.4 is 0 Å². The summed E-state index contributed by atoms with van der Waals surface area (Å²) in [4.78, 5) is 18.0. The monoisotopic (exact) mass is 260 g/mol. The number of fused-ring (bicyclic) bond motifs is 3. The Bertz CT molecular complexity index is 603. The molecule has 0 spiro atoms. The summed E-state index contributed by atoms with van der Waals surface area (Å²) in [6.07, 6.45) is 0. The Labute approximate surface area is 111 Å². The Hall–Kier alpha value is -1.26. The number of rotatable bonds is 2. The summed E-state index contributed by atoms with van der Waals surface area (Å²) in [6.45, 7) is 0.824. The fraction of sp³-hybridized carbons (Fsp3) is 0.357. The summed E-state index contributed by atoms with van der Waals surface area (Å²) in [6, 6.07) is 8.05. The molecule has 0 bridgehead atoms. The second-order valence-corrected chi connectivity index (χ2v) is 6.04. The number of nitrogens with one attached hydrogen (secondary N) is 1. The first kappa shape index (κ1) is 11.8. The minimum atomic E-state index is 0.108. The van der Waals surface area contributed by atoms with E-state index >= 15 is 0 Å². The quantitative estimate of drug-likeness (QED) is 0.901. The lowest BCUT2D eigenvalue weighted by atomic mass is 9.98. The van der Waals surface area contributed by atoms with Gasteiger partial charge >= 0.3 is 0 Å². The highest BCUT2D eigenvalue weighted by Crippen LogP contribution is 2.37. The van der Waals surface area contributed by atoms with Gasteiger partial charge in [-0.05, 0) is 20.2 Å². The van der Waals surface area contributed by atoms with Crippen molar-refractivity contribution >= 4 is 28.4 Å². The molecule has 3 nitrogen and oxygen atoms in total. The zero-order chi connectivity index (χ0) is 12.7. The topological polar surface area (TPSA) is 36.1 Å². The number of ketones is 1. The molecular formula is C14H16N2OS. The molecule has 0 amide bonds. The van der Waals surface area contributed by atoms with E-state index in [1.165, 1.54) is 0 Å². The Morgan fingerprint density at radius 2 is 2.17 bits per heavy atom. The lowest BCUT2D eigenvalue weighted by molar-refractivity contribution is 0.0908. The van der Waals surface area contributed by atoms with E-state index in [2.05, 4.69) is 9.88 Å². The number of carbonyl (C=O) groups excluding carboxylic acids is 1. The van der Waals surface area contributed by atoms with Crippen LogP contribution in [0.4, 0.5) is 0 Å². The van der Waals surface area contributed by atoms with Crippen LogP contribution in [0.3, 0.4) is 0 Å². The van der Waals surface area contributed by atoms with Crippen LogP contribution >= 0.6 is 11.8 Å². The Morgan fingerprint density at radius 3 is 2.94 bits per heavy atom. The van der Waals surface area contributed by atoms with E-state index in [1.807, 2.05) is 38.4 Å². The molecule has 1 atom stereocenters. The van der Waals surface area contributed by atoms with Crippen LogP contribution in [0.1, 0.15) is 10.4 Å². The first-order valence-electron chi connectivity index (χ1n) is 6.09. The van der Waals surface area contributed by atoms with Gasteiger partial charge < -0.3 is 9.88 Å². The number of aromatic nitrogens is 1. The van der Waals surface area contributed by atoms with E-state index in [1.54, 1.807) is 11.8 Å². The van der Waals surface area contributed by atoms with Gasteiger partial charge in [0.15, 0.2) is 5.78 Å². The highest BCUT2D eigenvalue weighted by molar-refractivity contribution is 7.99. The number of hydrogen-bond acceptors (Lipinski definition) is 3. The van der Waals surface area contributed by atoms with E-state index in [0.717, 1.165) is 33.8 Å². The van der Waals surface area contributed by atoms with Crippen molar-refractivity contribution in [3.63, 3.8) is 0 Å². The SMILES string of the molecule is CN(C)CC1CSc2[nH]c3ccccc3c2C1=O. The molecule has 1 unspecified atom stereocenters. The van der Waals surface area contributed by atoms with Crippen molar-refractivity contribution in [1.82, 2.24) is 9.88 Å². The van der Waals surface area contributed by atoms with Gasteiger partial charge in [-0.25, -0.2) is 0 Å². The first-order chi connectivity index (χ1) is 8.66. The third kappa shape index (κ3) is 1.85. The van der Waals surface area contributed by atoms with Crippen LogP contribution in [0.15, 0.2) is 29.3 Å². The molecule has 1 aromatic heterocycles. The third-order valence-electron chi connectivity index (χ3n) is 3.30. The van der Waals surface area contributed by atoms with E-state index in [-0.39, 0.29) is 11.7 Å². The van der Waals surface area contributed by atoms with E-state index in [4.69, 9.17) is 0 Å². The predicted molar refractivity (Wildman–Crippen MR) is 75.4 cm³/mol. The molecule has 0 aliphatic carbocycles. The van der Waals surface area contributed by atoms with Crippen molar-refractivity contribution in [1.29, 1.82) is 0 Å². The number of hydrogen-bond donors (Lipinski definition) is 1. The van der Waals surface area contributed by atoms with Gasteiger partial charge in [0.05, 0.1) is 10.6 Å². The van der Waals surface area contributed by atoms with Crippen LogP contribution in [0.5, 0.6) is 0 Å². The highest BCUT2D eigenvalue weighted by Gasteiger charge is 2.31. The first-order valence-corrected chi connectivity index (χ1v) is 7.08. The standard InChI is InChI=1S/C14H16N2OS/c1-16(2)7-9-8-18-14-12(13(9)17)10-5-3-4-6-11(10)15-14/h3-6,9,15H,7-8H2,1-2H3. The van der Waals surface area contributed by atoms with Crippen molar-refractivity contribution in [3.8, 4) is 0 Å². The zero-order valence-corrected chi connectivity index (χ0v) is 11.4. The third-order valence-corrected chi connectivity index (χ3v) is 4.47. The van der Waals surface area contributed by atoms with E-state index in [0.29, 0.717) is 0 Å². The van der Waals surface area contributed by atoms with Gasteiger partial charge in [0.1, 0.15) is 0 Å². The van der Waals surface area contributed by atoms with Crippen molar-refractivity contribution in [2.75, 3.05) is 26.4 Å². The number of nitrogens with zero attached hydrogens (tertiary/aromatic N) is 1. The number of H-pyrrole nitrogens is 1. The Balaban J connectivity index is 2.06. The molecule has 1 aliphatic heterocycles. The molecule has 0 fully saturated rings. The summed E-state index contributed by atoms with van der Waals surface area (Å²) < 4.78 is 0. The molecular weight excluding hydrogens is 244 g/mol. The van der Waals surface area contributed by atoms with Gasteiger partial charge in [-0.3, -0.25) is 4.79 Å². The summed E-state index contributed by atoms with van der Waals surface area (Å²) in [5.41, 5.74) is 1.96. The molecule has 1 N–H and O–H groups in total. The van der Waals surface area contributed by atoms with Crippen LogP contribution in [0.2, 0.25) is 0 Å². The second-order valence-electron chi connectivity index (χ2n) is 5.01. The van der Waals surface area contributed by atoms with Crippen LogP contribution in [0, 0.1) is 5.92 Å². The summed E-state index contributed by atoms with van der Waals surface area (Å²) >= 11 is 1.77. The van der Waals surface area contributed by atoms with E-state index < -0.39 is 0 Å². The molecule has 18 heavy (non-hydrogen) atoms. The number of benzene rings is 1. The van der Waals surface area contributed by atoms with Crippen molar-refractivity contribution in [2.45, 2.75) is 5.03 Å². The predicted octanol–water partition coefficient (Wildman–Crippen LogP) is 2.63. The normalized spacial score (nSPS) is 19.5. The van der Waals surface area contributed by atoms with Gasteiger partial charge in [0.25, 0.3) is 0 Å². The average Bonchev–Trinajstić information content (AvgIpc) is 2.71. The fourth-order valence-corrected chi connectivity index (χ4v) is 3.67. The molecule has 0 radical (unpaired) electrons. The number of para-hydroxylation sites is 1. The van der Waals surface area contributed by atoms with Crippen LogP contribution in [-0.4, -0.2) is 42.1 Å². The Kier molecular flexibility index (Phi) is 2.92. The van der Waals surface area contributed by atoms with Crippen LogP contribution in [-0.2, 0) is 0 Å². The van der Waals surface area contributed by atoms with Crippen molar-refractivity contribution in [2.24, 2.45) is 5.92 Å². The van der Waals surface area contributed by atoms with Gasteiger partial charge in [-0.15, -0.1) is 11.8 Å². The van der Waals surface area contributed by atoms with Crippen LogP contribution in [0.25, 0.3) is 10.9 Å². The maximum atomic E-state index is 12.6. The highest BCUT2D eigenvalue weighted by atomic mass is 32.2. The maximum Gasteiger partial charge on any atom is 0.171 e.